The van der Waals surface area contributed by atoms with Gasteiger partial charge in [0, 0.05) is 6.04 Å². The number of aliphatic hydroxyl groups is 2. The molecule has 276 valence electrons. The van der Waals surface area contributed by atoms with E-state index in [-0.39, 0.29) is 22.7 Å². The van der Waals surface area contributed by atoms with E-state index >= 15 is 0 Å². The van der Waals surface area contributed by atoms with E-state index in [0.29, 0.717) is 5.82 Å². The highest BCUT2D eigenvalue weighted by atomic mass is 35.5. The van der Waals surface area contributed by atoms with Gasteiger partial charge in [0.2, 0.25) is 18.9 Å². The third kappa shape index (κ3) is 10.7. The summed E-state index contributed by atoms with van der Waals surface area (Å²) in [4.78, 5) is 42.5. The minimum absolute atomic E-state index is 0.00161. The number of anilines is 1. The first-order valence-electron chi connectivity index (χ1n) is 15.2. The second kappa shape index (κ2) is 16.6. The molecule has 0 spiro atoms. The Labute approximate surface area is 285 Å². The molecule has 1 saturated carbocycles. The predicted molar refractivity (Wildman–Crippen MR) is 167 cm³/mol. The zero-order valence-corrected chi connectivity index (χ0v) is 29.7. The minimum Gasteiger partial charge on any atom is -0.432 e. The van der Waals surface area contributed by atoms with E-state index in [1.807, 2.05) is 0 Å². The zero-order valence-electron chi connectivity index (χ0n) is 27.1. The van der Waals surface area contributed by atoms with Gasteiger partial charge in [-0.15, -0.1) is 5.10 Å². The number of rotatable bonds is 16. The second-order valence-electron chi connectivity index (χ2n) is 11.8. The van der Waals surface area contributed by atoms with Crippen molar-refractivity contribution < 1.29 is 71.1 Å². The van der Waals surface area contributed by atoms with Gasteiger partial charge in [0.05, 0.1) is 37.3 Å². The third-order valence-electron chi connectivity index (χ3n) is 7.14. The first-order chi connectivity index (χ1) is 23.0. The van der Waals surface area contributed by atoms with Crippen LogP contribution in [0, 0.1) is 0 Å². The Morgan fingerprint density at radius 3 is 2.24 bits per heavy atom. The lowest BCUT2D eigenvalue weighted by Crippen LogP contribution is -2.43. The molecule has 1 aliphatic carbocycles. The van der Waals surface area contributed by atoms with Crippen molar-refractivity contribution in [1.29, 1.82) is 0 Å². The third-order valence-corrected chi connectivity index (χ3v) is 11.7. The van der Waals surface area contributed by atoms with Crippen molar-refractivity contribution in [2.24, 2.45) is 0 Å². The van der Waals surface area contributed by atoms with Gasteiger partial charge >= 0.3 is 27.5 Å². The number of nitrogens with one attached hydrogen (secondary N) is 1. The maximum atomic E-state index is 13.4. The molecule has 1 unspecified atom stereocenters. The first-order valence-corrected chi connectivity index (χ1v) is 19.1. The summed E-state index contributed by atoms with van der Waals surface area (Å²) in [6.45, 7) is 2.81. The van der Waals surface area contributed by atoms with Crippen LogP contribution in [0.4, 0.5) is 15.4 Å². The molecule has 4 atom stereocenters. The van der Waals surface area contributed by atoms with E-state index < -0.39 is 90.2 Å². The van der Waals surface area contributed by atoms with Crippen molar-refractivity contribution in [2.75, 3.05) is 38.0 Å². The minimum atomic E-state index is -4.93. The number of aliphatic hydroxyl groups excluding tert-OH is 1. The number of nitrogens with zero attached hydrogens (tertiary/aromatic N) is 4. The van der Waals surface area contributed by atoms with Crippen LogP contribution in [0.25, 0.3) is 5.65 Å². The molecule has 1 saturated heterocycles. The lowest BCUT2D eigenvalue weighted by Gasteiger charge is -2.26. The van der Waals surface area contributed by atoms with Crippen molar-refractivity contribution in [2.45, 2.75) is 89.4 Å². The Morgan fingerprint density at radius 1 is 1.08 bits per heavy atom. The smallest absolute Gasteiger partial charge is 0.432 e. The van der Waals surface area contributed by atoms with Crippen LogP contribution >= 0.6 is 26.8 Å². The highest BCUT2D eigenvalue weighted by Gasteiger charge is 2.52. The average molecular weight is 760 g/mol. The molecular formula is C26H40ClN5O15P2. The van der Waals surface area contributed by atoms with Crippen molar-refractivity contribution >= 4 is 50.6 Å². The summed E-state index contributed by atoms with van der Waals surface area (Å²) in [5.74, 6) is -0.980. The number of carbonyl (C=O) groups is 2. The molecule has 2 aromatic rings. The summed E-state index contributed by atoms with van der Waals surface area (Å²) in [5.41, 5.74) is -1.88. The highest BCUT2D eigenvalue weighted by Crippen LogP contribution is 2.61. The van der Waals surface area contributed by atoms with Gasteiger partial charge in [-0.25, -0.2) is 19.1 Å². The summed E-state index contributed by atoms with van der Waals surface area (Å²) in [7, 11) is -9.64. The predicted octanol–water partition coefficient (Wildman–Crippen LogP) is 3.50. The number of aromatic nitrogens is 4. The van der Waals surface area contributed by atoms with E-state index in [2.05, 4.69) is 29.9 Å². The van der Waals surface area contributed by atoms with E-state index in [1.54, 1.807) is 27.7 Å². The molecule has 2 aromatic heterocycles. The molecule has 0 aromatic carbocycles. The molecule has 0 amide bonds. The van der Waals surface area contributed by atoms with Crippen LogP contribution in [0.2, 0.25) is 5.28 Å². The number of halogens is 1. The number of fused-ring (bicyclic) bond motifs is 1. The fourth-order valence-corrected chi connectivity index (χ4v) is 8.70. The number of hydrogen-bond acceptors (Lipinski definition) is 18. The van der Waals surface area contributed by atoms with Gasteiger partial charge < -0.3 is 48.6 Å². The molecule has 20 nitrogen and oxygen atoms in total. The van der Waals surface area contributed by atoms with E-state index in [4.69, 9.17) is 39.4 Å². The van der Waals surface area contributed by atoms with Crippen LogP contribution in [-0.2, 0) is 52.0 Å². The molecule has 2 fully saturated rings. The molecule has 0 bridgehead atoms. The molecule has 3 heterocycles. The van der Waals surface area contributed by atoms with Crippen molar-refractivity contribution in [3.05, 3.63) is 17.2 Å². The quantitative estimate of drug-likeness (QED) is 0.108. The van der Waals surface area contributed by atoms with Crippen molar-refractivity contribution in [3.8, 4) is 0 Å². The highest BCUT2D eigenvalue weighted by molar-refractivity contribution is 7.70. The Balaban J connectivity index is 1.41. The Morgan fingerprint density at radius 2 is 1.67 bits per heavy atom. The topological polar surface area (TPSA) is 258 Å². The molecular weight excluding hydrogens is 720 g/mol. The van der Waals surface area contributed by atoms with Gasteiger partial charge in [0.15, 0.2) is 23.0 Å². The summed E-state index contributed by atoms with van der Waals surface area (Å²) in [6, 6.07) is 0.156. The molecule has 2 aliphatic rings. The number of hydrogen-bond donors (Lipinski definition) is 4. The zero-order chi connectivity index (χ0) is 36.0. The molecule has 4 N–H and O–H groups in total. The number of imidazole rings is 1. The summed E-state index contributed by atoms with van der Waals surface area (Å²) in [5, 5.41) is 29.9. The van der Waals surface area contributed by atoms with Crippen molar-refractivity contribution in [1.82, 2.24) is 19.6 Å². The Hall–Kier alpha value is -2.64. The normalized spacial score (nSPS) is 22.8. The Kier molecular flexibility index (Phi) is 13.3. The summed E-state index contributed by atoms with van der Waals surface area (Å²) < 4.78 is 67.0. The van der Waals surface area contributed by atoms with Crippen LogP contribution < -0.4 is 5.32 Å². The van der Waals surface area contributed by atoms with Crippen LogP contribution in [-0.4, -0.2) is 110 Å². The van der Waals surface area contributed by atoms with E-state index in [1.165, 1.54) is 10.7 Å². The number of ether oxygens (including phenoxy) is 5. The molecule has 49 heavy (non-hydrogen) atoms. The molecule has 1 aliphatic heterocycles. The van der Waals surface area contributed by atoms with E-state index in [0.717, 1.165) is 25.7 Å². The van der Waals surface area contributed by atoms with Gasteiger partial charge in [-0.2, -0.15) is 4.98 Å². The fraction of sp³-hybridized carbons (Fsp3) is 0.731. The van der Waals surface area contributed by atoms with Gasteiger partial charge in [-0.3, -0.25) is 18.2 Å². The van der Waals surface area contributed by atoms with Gasteiger partial charge in [-0.1, -0.05) is 12.8 Å². The SMILES string of the molecule is CC(C)OC(=O)OCOP(=O)(CP(=O)(O)OC[C@H]1OC[C@@](O)(c2cnc3c(NC4CCCC4)nc(Cl)nn23)[C@@H]1O)OCOC(=O)OC(C)C. The fourth-order valence-electron chi connectivity index (χ4n) is 4.92. The largest absolute Gasteiger partial charge is 0.510 e. The van der Waals surface area contributed by atoms with Crippen LogP contribution in [0.15, 0.2) is 6.20 Å². The second-order valence-corrected chi connectivity index (χ2v) is 16.5. The van der Waals surface area contributed by atoms with Crippen LogP contribution in [0.3, 0.4) is 0 Å². The first kappa shape index (κ1) is 39.2. The molecule has 4 rings (SSSR count). The van der Waals surface area contributed by atoms with Crippen molar-refractivity contribution in [3.63, 3.8) is 0 Å². The standard InChI is InChI=1S/C26H40ClN5O15P2/c1-15(2)46-24(34)41-12-44-49(39,45-13-42-25(35)47-16(3)4)14-48(37,38)43-10-18-20(33)26(36,11-40-18)19-9-28-22-21(29-17-7-5-6-8-17)30-23(27)31-32(19)22/h9,15-18,20,33,36H,5-8,10-14H2,1-4H3,(H,37,38)(H,29,30,31)/t18-,20-,26-/m1/s1. The van der Waals surface area contributed by atoms with Gasteiger partial charge in [0.1, 0.15) is 12.2 Å². The average Bonchev–Trinajstić information content (AvgIpc) is 3.71. The van der Waals surface area contributed by atoms with Crippen LogP contribution in [0.5, 0.6) is 0 Å². The number of carbonyl (C=O) groups excluding carboxylic acids is 2. The Bertz CT molecular complexity index is 1530. The summed E-state index contributed by atoms with van der Waals surface area (Å²) >= 11 is 6.17. The van der Waals surface area contributed by atoms with Gasteiger partial charge in [0.25, 0.3) is 0 Å². The summed E-state index contributed by atoms with van der Waals surface area (Å²) in [6.07, 6.45) is -1.35. The molecule has 0 radical (unpaired) electrons. The molecule has 23 heteroatoms. The monoisotopic (exact) mass is 759 g/mol. The van der Waals surface area contributed by atoms with Gasteiger partial charge in [-0.05, 0) is 52.1 Å². The van der Waals surface area contributed by atoms with E-state index in [9.17, 15) is 33.8 Å². The lowest BCUT2D eigenvalue weighted by atomic mass is 9.93. The van der Waals surface area contributed by atoms with Crippen LogP contribution in [0.1, 0.15) is 59.1 Å². The maximum Gasteiger partial charge on any atom is 0.510 e. The lowest BCUT2D eigenvalue weighted by molar-refractivity contribution is -0.0624. The maximum absolute atomic E-state index is 13.4.